The maximum Gasteiger partial charge on any atom is 0.219 e. The number of hydrogen-bond acceptors (Lipinski definition) is 2. The van der Waals surface area contributed by atoms with Gasteiger partial charge in [-0.25, -0.2) is 0 Å². The van der Waals surface area contributed by atoms with Gasteiger partial charge in [0.15, 0.2) is 0 Å². The second-order valence-corrected chi connectivity index (χ2v) is 5.54. The molecule has 0 bridgehead atoms. The molecule has 0 fully saturated rings. The van der Waals surface area contributed by atoms with Gasteiger partial charge in [-0.05, 0) is 44.7 Å². The third-order valence-corrected chi connectivity index (χ3v) is 3.61. The maximum absolute atomic E-state index is 11.1. The number of carbonyl (C=O) groups is 1. The zero-order valence-electron chi connectivity index (χ0n) is 10.6. The Morgan fingerprint density at radius 3 is 2.94 bits per heavy atom. The van der Waals surface area contributed by atoms with E-state index in [4.69, 9.17) is 11.5 Å². The molecule has 1 aliphatic carbocycles. The molecule has 1 aromatic rings. The summed E-state index contributed by atoms with van der Waals surface area (Å²) < 4.78 is 2.17. The van der Waals surface area contributed by atoms with E-state index in [9.17, 15) is 4.79 Å². The SMILES string of the molecule is CC(C)(CC(N)=O)n1ccc2c1CCCC2N. The molecule has 0 aliphatic heterocycles. The number of fused-ring (bicyclic) bond motifs is 1. The quantitative estimate of drug-likeness (QED) is 0.831. The van der Waals surface area contributed by atoms with Crippen LogP contribution in [-0.2, 0) is 16.8 Å². The number of carbonyl (C=O) groups excluding carboxylic acids is 1. The van der Waals surface area contributed by atoms with Gasteiger partial charge in [-0.15, -0.1) is 0 Å². The van der Waals surface area contributed by atoms with Crippen molar-refractivity contribution < 1.29 is 4.79 Å². The first kappa shape index (κ1) is 12.2. The average Bonchev–Trinajstić information content (AvgIpc) is 2.61. The predicted octanol–water partition coefficient (Wildman–Crippen LogP) is 1.43. The fourth-order valence-electron chi connectivity index (χ4n) is 2.81. The van der Waals surface area contributed by atoms with Crippen LogP contribution in [-0.4, -0.2) is 10.5 Å². The van der Waals surface area contributed by atoms with Gasteiger partial charge in [-0.3, -0.25) is 4.79 Å². The predicted molar refractivity (Wildman–Crippen MR) is 67.4 cm³/mol. The van der Waals surface area contributed by atoms with Gasteiger partial charge >= 0.3 is 0 Å². The molecular weight excluding hydrogens is 214 g/mol. The number of amides is 1. The number of nitrogens with two attached hydrogens (primary N) is 2. The Labute approximate surface area is 102 Å². The third-order valence-electron chi connectivity index (χ3n) is 3.61. The molecule has 4 N–H and O–H groups in total. The van der Waals surface area contributed by atoms with Gasteiger partial charge < -0.3 is 16.0 Å². The van der Waals surface area contributed by atoms with Crippen LogP contribution in [0.3, 0.4) is 0 Å². The fraction of sp³-hybridized carbons (Fsp3) is 0.615. The first-order valence-electron chi connectivity index (χ1n) is 6.16. The standard InChI is InChI=1S/C13H21N3O/c1-13(2,8-12(15)17)16-7-6-9-10(14)4-3-5-11(9)16/h6-7,10H,3-5,8,14H2,1-2H3,(H2,15,17). The van der Waals surface area contributed by atoms with Crippen LogP contribution in [0.1, 0.15) is 50.4 Å². The maximum atomic E-state index is 11.1. The molecule has 0 spiro atoms. The highest BCUT2D eigenvalue weighted by molar-refractivity contribution is 5.74. The summed E-state index contributed by atoms with van der Waals surface area (Å²) in [5.41, 5.74) is 13.6. The van der Waals surface area contributed by atoms with Crippen molar-refractivity contribution in [3.8, 4) is 0 Å². The van der Waals surface area contributed by atoms with Crippen molar-refractivity contribution in [3.63, 3.8) is 0 Å². The van der Waals surface area contributed by atoms with Crippen molar-refractivity contribution >= 4 is 5.91 Å². The van der Waals surface area contributed by atoms with Crippen LogP contribution >= 0.6 is 0 Å². The van der Waals surface area contributed by atoms with Crippen molar-refractivity contribution in [1.29, 1.82) is 0 Å². The summed E-state index contributed by atoms with van der Waals surface area (Å²) in [6.45, 7) is 4.08. The molecule has 94 valence electrons. The van der Waals surface area contributed by atoms with Gasteiger partial charge in [0.25, 0.3) is 0 Å². The highest BCUT2D eigenvalue weighted by atomic mass is 16.1. The Bertz CT molecular complexity index is 434. The van der Waals surface area contributed by atoms with Gasteiger partial charge in [-0.1, -0.05) is 0 Å². The number of primary amides is 1. The van der Waals surface area contributed by atoms with E-state index in [1.165, 1.54) is 11.3 Å². The van der Waals surface area contributed by atoms with E-state index in [2.05, 4.69) is 10.6 Å². The summed E-state index contributed by atoms with van der Waals surface area (Å²) in [7, 11) is 0. The zero-order chi connectivity index (χ0) is 12.6. The van der Waals surface area contributed by atoms with E-state index in [1.54, 1.807) is 0 Å². The summed E-state index contributed by atoms with van der Waals surface area (Å²) in [6, 6.07) is 2.23. The molecule has 1 amide bonds. The molecule has 0 saturated carbocycles. The Kier molecular flexibility index (Phi) is 3.00. The minimum absolute atomic E-state index is 0.143. The number of hydrogen-bond donors (Lipinski definition) is 2. The Balaban J connectivity index is 2.36. The molecule has 1 unspecified atom stereocenters. The van der Waals surface area contributed by atoms with Crippen LogP contribution in [0.25, 0.3) is 0 Å². The van der Waals surface area contributed by atoms with Crippen LogP contribution in [0.15, 0.2) is 12.3 Å². The van der Waals surface area contributed by atoms with Crippen molar-refractivity contribution in [2.24, 2.45) is 11.5 Å². The highest BCUT2D eigenvalue weighted by Gasteiger charge is 2.28. The molecule has 1 aromatic heterocycles. The van der Waals surface area contributed by atoms with Crippen LogP contribution in [0.5, 0.6) is 0 Å². The lowest BCUT2D eigenvalue weighted by Gasteiger charge is -2.30. The van der Waals surface area contributed by atoms with Gasteiger partial charge in [0.1, 0.15) is 0 Å². The smallest absolute Gasteiger partial charge is 0.219 e. The molecule has 4 nitrogen and oxygen atoms in total. The van der Waals surface area contributed by atoms with Gasteiger partial charge in [0.05, 0.1) is 0 Å². The number of aromatic nitrogens is 1. The summed E-state index contributed by atoms with van der Waals surface area (Å²) in [6.07, 6.45) is 5.60. The second-order valence-electron chi connectivity index (χ2n) is 5.54. The minimum atomic E-state index is -0.267. The van der Waals surface area contributed by atoms with E-state index in [0.717, 1.165) is 19.3 Å². The van der Waals surface area contributed by atoms with Gasteiger partial charge in [0.2, 0.25) is 5.91 Å². The fourth-order valence-corrected chi connectivity index (χ4v) is 2.81. The second kappa shape index (κ2) is 4.18. The monoisotopic (exact) mass is 235 g/mol. The van der Waals surface area contributed by atoms with E-state index in [1.807, 2.05) is 20.0 Å². The summed E-state index contributed by atoms with van der Waals surface area (Å²) in [4.78, 5) is 11.1. The molecular formula is C13H21N3O. The molecule has 17 heavy (non-hydrogen) atoms. The third kappa shape index (κ3) is 2.22. The van der Waals surface area contributed by atoms with Crippen LogP contribution in [0, 0.1) is 0 Å². The lowest BCUT2D eigenvalue weighted by atomic mass is 9.92. The van der Waals surface area contributed by atoms with Crippen molar-refractivity contribution in [3.05, 3.63) is 23.5 Å². The molecule has 0 saturated heterocycles. The highest BCUT2D eigenvalue weighted by Crippen LogP contribution is 2.33. The zero-order valence-corrected chi connectivity index (χ0v) is 10.6. The molecule has 0 radical (unpaired) electrons. The summed E-state index contributed by atoms with van der Waals surface area (Å²) >= 11 is 0. The summed E-state index contributed by atoms with van der Waals surface area (Å²) in [5.74, 6) is -0.266. The first-order valence-corrected chi connectivity index (χ1v) is 6.16. The Morgan fingerprint density at radius 2 is 2.29 bits per heavy atom. The largest absolute Gasteiger partial charge is 0.370 e. The van der Waals surface area contributed by atoms with E-state index in [-0.39, 0.29) is 17.5 Å². The Morgan fingerprint density at radius 1 is 1.59 bits per heavy atom. The lowest BCUT2D eigenvalue weighted by Crippen LogP contribution is -2.33. The van der Waals surface area contributed by atoms with Gasteiger partial charge in [0, 0.05) is 29.9 Å². The average molecular weight is 235 g/mol. The number of nitrogens with zero attached hydrogens (tertiary/aromatic N) is 1. The molecule has 4 heteroatoms. The van der Waals surface area contributed by atoms with Crippen LogP contribution in [0.2, 0.25) is 0 Å². The van der Waals surface area contributed by atoms with Crippen LogP contribution in [0.4, 0.5) is 0 Å². The Hall–Kier alpha value is -1.29. The van der Waals surface area contributed by atoms with Gasteiger partial charge in [-0.2, -0.15) is 0 Å². The summed E-state index contributed by atoms with van der Waals surface area (Å²) in [5, 5.41) is 0. The molecule has 1 heterocycles. The van der Waals surface area contributed by atoms with E-state index in [0.29, 0.717) is 6.42 Å². The van der Waals surface area contributed by atoms with Crippen molar-refractivity contribution in [1.82, 2.24) is 4.57 Å². The normalized spacial score (nSPS) is 20.1. The van der Waals surface area contributed by atoms with Crippen LogP contribution < -0.4 is 11.5 Å². The van der Waals surface area contributed by atoms with Crippen molar-refractivity contribution in [2.45, 2.75) is 51.1 Å². The molecule has 2 rings (SSSR count). The molecule has 0 aromatic carbocycles. The molecule has 1 aliphatic rings. The lowest BCUT2D eigenvalue weighted by molar-refractivity contribution is -0.119. The van der Waals surface area contributed by atoms with E-state index < -0.39 is 0 Å². The number of rotatable bonds is 3. The van der Waals surface area contributed by atoms with Crippen molar-refractivity contribution in [2.75, 3.05) is 0 Å². The van der Waals surface area contributed by atoms with E-state index >= 15 is 0 Å². The topological polar surface area (TPSA) is 74.0 Å². The molecule has 1 atom stereocenters. The minimum Gasteiger partial charge on any atom is -0.370 e. The first-order chi connectivity index (χ1) is 7.92.